The molecule has 0 bridgehead atoms. The fourth-order valence-electron chi connectivity index (χ4n) is 1.80. The molecule has 21 heavy (non-hydrogen) atoms. The van der Waals surface area contributed by atoms with Crippen LogP contribution in [0.5, 0.6) is 0 Å². The number of amides is 1. The number of carbonyl (C=O) groups excluding carboxylic acids is 2. The van der Waals surface area contributed by atoms with Gasteiger partial charge in [0.05, 0.1) is 6.61 Å². The van der Waals surface area contributed by atoms with Gasteiger partial charge in [-0.15, -0.1) is 0 Å². The van der Waals surface area contributed by atoms with Crippen molar-refractivity contribution in [3.63, 3.8) is 0 Å². The maximum Gasteiger partial charge on any atom is 0.408 e. The third-order valence-electron chi connectivity index (χ3n) is 2.86. The van der Waals surface area contributed by atoms with Gasteiger partial charge in [-0.3, -0.25) is 0 Å². The molecule has 0 aliphatic heterocycles. The lowest BCUT2D eigenvalue weighted by atomic mass is 9.93. The van der Waals surface area contributed by atoms with Crippen LogP contribution in [0.3, 0.4) is 0 Å². The van der Waals surface area contributed by atoms with E-state index in [2.05, 4.69) is 5.32 Å². The van der Waals surface area contributed by atoms with Crippen LogP contribution in [0.2, 0.25) is 0 Å². The van der Waals surface area contributed by atoms with Crippen LogP contribution in [0.25, 0.3) is 0 Å². The van der Waals surface area contributed by atoms with Gasteiger partial charge < -0.3 is 19.6 Å². The lowest BCUT2D eigenvalue weighted by Gasteiger charge is -2.28. The topological polar surface area (TPSA) is 64.6 Å². The molecule has 0 saturated heterocycles. The zero-order valence-corrected chi connectivity index (χ0v) is 13.2. The lowest BCUT2D eigenvalue weighted by molar-refractivity contribution is -0.113. The fourth-order valence-corrected chi connectivity index (χ4v) is 1.80. The second-order valence-electron chi connectivity index (χ2n) is 6.08. The standard InChI is InChI=1S/C16H23NO4/c1-15(2,3)21-14(19)17-16(4,11-18)13-8-6-12(7-9-13)10-20-5/h6-9,11H,10H2,1-5H3,(H,17,19). The molecule has 0 saturated carbocycles. The first-order chi connectivity index (χ1) is 9.70. The summed E-state index contributed by atoms with van der Waals surface area (Å²) >= 11 is 0. The monoisotopic (exact) mass is 293 g/mol. The summed E-state index contributed by atoms with van der Waals surface area (Å²) in [7, 11) is 1.62. The number of alkyl carbamates (subject to hydrolysis) is 1. The van der Waals surface area contributed by atoms with Gasteiger partial charge in [-0.25, -0.2) is 4.79 Å². The Balaban J connectivity index is 2.88. The van der Waals surface area contributed by atoms with E-state index in [9.17, 15) is 9.59 Å². The Morgan fingerprint density at radius 2 is 1.76 bits per heavy atom. The first kappa shape index (κ1) is 17.2. The molecule has 116 valence electrons. The number of rotatable bonds is 5. The van der Waals surface area contributed by atoms with Crippen LogP contribution < -0.4 is 5.32 Å². The Bertz CT molecular complexity index is 490. The zero-order chi connectivity index (χ0) is 16.1. The van der Waals surface area contributed by atoms with Crippen LogP contribution in [-0.2, 0) is 26.4 Å². The number of methoxy groups -OCH3 is 1. The molecule has 1 N–H and O–H groups in total. The summed E-state index contributed by atoms with van der Waals surface area (Å²) in [4.78, 5) is 23.3. The van der Waals surface area contributed by atoms with Crippen molar-refractivity contribution in [1.82, 2.24) is 5.32 Å². The minimum Gasteiger partial charge on any atom is -0.444 e. The normalized spacial score (nSPS) is 14.1. The third-order valence-corrected chi connectivity index (χ3v) is 2.86. The molecule has 1 aromatic carbocycles. The van der Waals surface area contributed by atoms with E-state index < -0.39 is 17.2 Å². The lowest BCUT2D eigenvalue weighted by Crippen LogP contribution is -2.46. The van der Waals surface area contributed by atoms with Crippen molar-refractivity contribution < 1.29 is 19.1 Å². The van der Waals surface area contributed by atoms with E-state index in [1.54, 1.807) is 46.9 Å². The van der Waals surface area contributed by atoms with E-state index in [0.717, 1.165) is 5.56 Å². The molecule has 1 amide bonds. The third kappa shape index (κ3) is 5.19. The summed E-state index contributed by atoms with van der Waals surface area (Å²) in [5.74, 6) is 0. The van der Waals surface area contributed by atoms with Crippen molar-refractivity contribution in [2.24, 2.45) is 0 Å². The molecular formula is C16H23NO4. The zero-order valence-electron chi connectivity index (χ0n) is 13.2. The van der Waals surface area contributed by atoms with Gasteiger partial charge in [-0.1, -0.05) is 24.3 Å². The van der Waals surface area contributed by atoms with Crippen LogP contribution in [-0.4, -0.2) is 25.1 Å². The molecule has 0 aromatic heterocycles. The Morgan fingerprint density at radius 1 is 1.19 bits per heavy atom. The first-order valence-corrected chi connectivity index (χ1v) is 6.76. The smallest absolute Gasteiger partial charge is 0.408 e. The Hall–Kier alpha value is -1.88. The number of aldehydes is 1. The number of nitrogens with one attached hydrogen (secondary N) is 1. The largest absolute Gasteiger partial charge is 0.444 e. The van der Waals surface area contributed by atoms with Crippen molar-refractivity contribution in [1.29, 1.82) is 0 Å². The van der Waals surface area contributed by atoms with Crippen molar-refractivity contribution in [2.45, 2.75) is 45.4 Å². The predicted molar refractivity (Wildman–Crippen MR) is 79.9 cm³/mol. The number of hydrogen-bond acceptors (Lipinski definition) is 4. The van der Waals surface area contributed by atoms with Gasteiger partial charge in [0.25, 0.3) is 0 Å². The van der Waals surface area contributed by atoms with Crippen molar-refractivity contribution in [3.05, 3.63) is 35.4 Å². The van der Waals surface area contributed by atoms with Crippen LogP contribution >= 0.6 is 0 Å². The molecule has 0 aliphatic rings. The van der Waals surface area contributed by atoms with Gasteiger partial charge in [-0.05, 0) is 38.8 Å². The summed E-state index contributed by atoms with van der Waals surface area (Å²) in [6, 6.07) is 7.30. The summed E-state index contributed by atoms with van der Waals surface area (Å²) in [5.41, 5.74) is -0.0700. The van der Waals surface area contributed by atoms with Gasteiger partial charge in [0.15, 0.2) is 0 Å². The second-order valence-corrected chi connectivity index (χ2v) is 6.08. The predicted octanol–water partition coefficient (Wildman–Crippen LogP) is 2.77. The maximum atomic E-state index is 11.9. The molecule has 0 radical (unpaired) electrons. The molecular weight excluding hydrogens is 270 g/mol. The fraction of sp³-hybridized carbons (Fsp3) is 0.500. The molecule has 1 unspecified atom stereocenters. The summed E-state index contributed by atoms with van der Waals surface area (Å²) in [5, 5.41) is 2.61. The molecule has 0 spiro atoms. The van der Waals surface area contributed by atoms with E-state index in [1.165, 1.54) is 0 Å². The van der Waals surface area contributed by atoms with Crippen LogP contribution in [0.4, 0.5) is 4.79 Å². The van der Waals surface area contributed by atoms with E-state index in [4.69, 9.17) is 9.47 Å². The number of benzene rings is 1. The van der Waals surface area contributed by atoms with Gasteiger partial charge in [0, 0.05) is 7.11 Å². The quantitative estimate of drug-likeness (QED) is 0.848. The van der Waals surface area contributed by atoms with Gasteiger partial charge >= 0.3 is 6.09 Å². The van der Waals surface area contributed by atoms with E-state index in [0.29, 0.717) is 18.5 Å². The van der Waals surface area contributed by atoms with Gasteiger partial charge in [0.2, 0.25) is 0 Å². The average Bonchev–Trinajstić information content (AvgIpc) is 2.37. The number of carbonyl (C=O) groups is 2. The highest BCUT2D eigenvalue weighted by molar-refractivity contribution is 5.77. The van der Waals surface area contributed by atoms with E-state index in [-0.39, 0.29) is 0 Å². The van der Waals surface area contributed by atoms with Gasteiger partial charge in [0.1, 0.15) is 17.4 Å². The van der Waals surface area contributed by atoms with Crippen LogP contribution in [0, 0.1) is 0 Å². The molecule has 0 fully saturated rings. The molecule has 0 heterocycles. The average molecular weight is 293 g/mol. The molecule has 5 heteroatoms. The van der Waals surface area contributed by atoms with E-state index in [1.807, 2.05) is 12.1 Å². The highest BCUT2D eigenvalue weighted by Crippen LogP contribution is 2.20. The minimum atomic E-state index is -1.13. The van der Waals surface area contributed by atoms with Crippen molar-refractivity contribution in [2.75, 3.05) is 7.11 Å². The van der Waals surface area contributed by atoms with Crippen molar-refractivity contribution >= 4 is 12.4 Å². The first-order valence-electron chi connectivity index (χ1n) is 6.76. The van der Waals surface area contributed by atoms with Crippen LogP contribution in [0.15, 0.2) is 24.3 Å². The van der Waals surface area contributed by atoms with E-state index >= 15 is 0 Å². The molecule has 1 rings (SSSR count). The Kier molecular flexibility index (Phi) is 5.49. The second kappa shape index (κ2) is 6.72. The summed E-state index contributed by atoms with van der Waals surface area (Å²) < 4.78 is 10.2. The molecule has 1 atom stereocenters. The molecule has 0 aliphatic carbocycles. The van der Waals surface area contributed by atoms with Crippen LogP contribution in [0.1, 0.15) is 38.8 Å². The highest BCUT2D eigenvalue weighted by Gasteiger charge is 2.30. The number of ether oxygens (including phenoxy) is 2. The van der Waals surface area contributed by atoms with Crippen molar-refractivity contribution in [3.8, 4) is 0 Å². The molecule has 1 aromatic rings. The minimum absolute atomic E-state index is 0.498. The highest BCUT2D eigenvalue weighted by atomic mass is 16.6. The maximum absolute atomic E-state index is 11.9. The Morgan fingerprint density at radius 3 is 2.19 bits per heavy atom. The number of hydrogen-bond donors (Lipinski definition) is 1. The van der Waals surface area contributed by atoms with Gasteiger partial charge in [-0.2, -0.15) is 0 Å². The molecule has 5 nitrogen and oxygen atoms in total. The summed E-state index contributed by atoms with van der Waals surface area (Å²) in [6.45, 7) is 7.44. The summed E-state index contributed by atoms with van der Waals surface area (Å²) in [6.07, 6.45) is 0.0699. The Labute approximate surface area is 125 Å². The SMILES string of the molecule is COCc1ccc(C(C)(C=O)NC(=O)OC(C)(C)C)cc1.